The second kappa shape index (κ2) is 16.7. The number of piperidine rings is 1. The quantitative estimate of drug-likeness (QED) is 0.0803. The van der Waals surface area contributed by atoms with Crippen LogP contribution in [0, 0.1) is 12.7 Å². The van der Waals surface area contributed by atoms with Gasteiger partial charge in [-0.1, -0.05) is 56.7 Å². The van der Waals surface area contributed by atoms with E-state index in [4.69, 9.17) is 9.97 Å². The minimum atomic E-state index is -0.874. The summed E-state index contributed by atoms with van der Waals surface area (Å²) in [6.45, 7) is 12.9. The number of halogens is 1. The van der Waals surface area contributed by atoms with Gasteiger partial charge in [-0.2, -0.15) is 0 Å². The van der Waals surface area contributed by atoms with E-state index in [2.05, 4.69) is 64.8 Å². The molecule has 3 aliphatic rings. The molecular weight excluding hydrogens is 742 g/mol. The summed E-state index contributed by atoms with van der Waals surface area (Å²) < 4.78 is 17.7. The number of fused-ring (bicyclic) bond motifs is 2. The average molecular weight is 798 g/mol. The lowest BCUT2D eigenvalue weighted by atomic mass is 9.73. The number of hydrogen-bond donors (Lipinski definition) is 2. The number of nitrogens with one attached hydrogen (secondary N) is 2. The van der Waals surface area contributed by atoms with Crippen LogP contribution in [-0.2, 0) is 21.4 Å². The largest absolute Gasteiger partial charge is 0.359 e. The van der Waals surface area contributed by atoms with Crippen LogP contribution in [0.4, 0.5) is 21.6 Å². The number of nitrogens with zero attached hydrogens (tertiary/aromatic N) is 5. The molecule has 2 aromatic heterocycles. The molecule has 308 valence electrons. The summed E-state index contributed by atoms with van der Waals surface area (Å²) in [6.07, 6.45) is 10.5. The molecule has 4 heterocycles. The molecule has 1 saturated heterocycles. The Morgan fingerprint density at radius 1 is 0.932 bits per heavy atom. The zero-order valence-electron chi connectivity index (χ0n) is 34.9. The molecule has 2 N–H and O–H groups in total. The lowest BCUT2D eigenvalue weighted by Gasteiger charge is -2.48. The number of rotatable bonds is 15. The molecular formula is C48H56FN7O3. The molecule has 11 heteroatoms. The van der Waals surface area contributed by atoms with Gasteiger partial charge in [0.2, 0.25) is 12.3 Å². The average Bonchev–Trinajstić information content (AvgIpc) is 3.75. The van der Waals surface area contributed by atoms with E-state index in [0.717, 1.165) is 76.8 Å². The highest BCUT2D eigenvalue weighted by Crippen LogP contribution is 2.51. The summed E-state index contributed by atoms with van der Waals surface area (Å²) in [7, 11) is 0. The first-order valence-corrected chi connectivity index (χ1v) is 21.4. The van der Waals surface area contributed by atoms with Crippen LogP contribution < -0.4 is 15.5 Å². The fourth-order valence-electron chi connectivity index (χ4n) is 9.76. The van der Waals surface area contributed by atoms with Crippen LogP contribution in [0.2, 0.25) is 0 Å². The first-order valence-electron chi connectivity index (χ1n) is 21.4. The molecule has 1 atom stereocenters. The number of anilines is 3. The lowest BCUT2D eigenvalue weighted by Crippen LogP contribution is -2.57. The van der Waals surface area contributed by atoms with Crippen molar-refractivity contribution in [2.75, 3.05) is 29.9 Å². The highest BCUT2D eigenvalue weighted by atomic mass is 19.1. The summed E-state index contributed by atoms with van der Waals surface area (Å²) >= 11 is 0. The predicted octanol–water partition coefficient (Wildman–Crippen LogP) is 9.18. The summed E-state index contributed by atoms with van der Waals surface area (Å²) in [5.74, 6) is 0.441. The standard InChI is InChI=1S/C48H56FN7O3/c1-30(2)38-25-42(40(49)21-32(38)5)53-46-45-43(51-28-55(45)31(3)4)26-41(52-46)35-13-14-39-44(22-35)56(37-23-36(24-37)54-19-7-6-8-20-54)47(59)48(39,17-18-50-29-58)16-15-33-9-11-34(27-57)12-10-33/h9-14,21-22,25-31,36-37H,6-8,15-20,23-24H2,1-5H3,(H,50,58)(H,52,53). The topological polar surface area (TPSA) is 112 Å². The Morgan fingerprint density at radius 3 is 2.39 bits per heavy atom. The van der Waals surface area contributed by atoms with Crippen molar-refractivity contribution in [1.29, 1.82) is 0 Å². The Kier molecular flexibility index (Phi) is 11.4. The molecule has 8 rings (SSSR count). The van der Waals surface area contributed by atoms with Gasteiger partial charge in [0, 0.05) is 41.5 Å². The lowest BCUT2D eigenvalue weighted by molar-refractivity contribution is -0.125. The van der Waals surface area contributed by atoms with E-state index in [9.17, 15) is 9.59 Å². The second-order valence-corrected chi connectivity index (χ2v) is 17.5. The zero-order chi connectivity index (χ0) is 41.4. The van der Waals surface area contributed by atoms with Gasteiger partial charge in [-0.05, 0) is 131 Å². The van der Waals surface area contributed by atoms with Gasteiger partial charge in [0.15, 0.2) is 5.82 Å². The Hall–Kier alpha value is -5.42. The van der Waals surface area contributed by atoms with Gasteiger partial charge in [0.05, 0.1) is 28.6 Å². The molecule has 2 amide bonds. The van der Waals surface area contributed by atoms with E-state index in [0.29, 0.717) is 61.0 Å². The van der Waals surface area contributed by atoms with Crippen molar-refractivity contribution < 1.29 is 18.8 Å². The van der Waals surface area contributed by atoms with Gasteiger partial charge < -0.3 is 25.0 Å². The smallest absolute Gasteiger partial charge is 0.238 e. The predicted molar refractivity (Wildman–Crippen MR) is 232 cm³/mol. The normalized spacial score (nSPS) is 20.6. The summed E-state index contributed by atoms with van der Waals surface area (Å²) in [5, 5.41) is 6.22. The Morgan fingerprint density at radius 2 is 1.69 bits per heavy atom. The van der Waals surface area contributed by atoms with Crippen molar-refractivity contribution in [2.24, 2.45) is 0 Å². The number of carbonyl (C=O) groups excluding carboxylic acids is 3. The molecule has 59 heavy (non-hydrogen) atoms. The number of aryl methyl sites for hydroxylation is 2. The second-order valence-electron chi connectivity index (χ2n) is 17.5. The van der Waals surface area contributed by atoms with E-state index >= 15 is 9.18 Å². The molecule has 3 aromatic carbocycles. The summed E-state index contributed by atoms with van der Waals surface area (Å²) in [5.41, 5.74) is 7.95. The molecule has 2 fully saturated rings. The number of aldehydes is 1. The third-order valence-electron chi connectivity index (χ3n) is 13.1. The van der Waals surface area contributed by atoms with Crippen molar-refractivity contribution in [3.05, 3.63) is 101 Å². The van der Waals surface area contributed by atoms with Crippen molar-refractivity contribution in [1.82, 2.24) is 24.8 Å². The number of amides is 2. The van der Waals surface area contributed by atoms with Gasteiger partial charge in [-0.25, -0.2) is 14.4 Å². The van der Waals surface area contributed by atoms with E-state index in [1.54, 1.807) is 6.07 Å². The third-order valence-corrected chi connectivity index (χ3v) is 13.1. The summed E-state index contributed by atoms with van der Waals surface area (Å²) in [6, 6.07) is 19.8. The van der Waals surface area contributed by atoms with Crippen LogP contribution in [0.5, 0.6) is 0 Å². The molecule has 1 aliphatic carbocycles. The number of benzene rings is 3. The number of likely N-dealkylation sites (tertiary alicyclic amines) is 1. The van der Waals surface area contributed by atoms with Crippen molar-refractivity contribution in [3.8, 4) is 11.3 Å². The maximum Gasteiger partial charge on any atom is 0.238 e. The first-order chi connectivity index (χ1) is 28.5. The van der Waals surface area contributed by atoms with Crippen LogP contribution in [0.15, 0.2) is 67.0 Å². The van der Waals surface area contributed by atoms with Crippen LogP contribution >= 0.6 is 0 Å². The highest BCUT2D eigenvalue weighted by Gasteiger charge is 2.54. The number of hydrogen-bond acceptors (Lipinski definition) is 7. The minimum absolute atomic E-state index is 0.0466. The molecule has 0 bridgehead atoms. The number of pyridine rings is 1. The van der Waals surface area contributed by atoms with Crippen molar-refractivity contribution in [3.63, 3.8) is 0 Å². The molecule has 2 aliphatic heterocycles. The van der Waals surface area contributed by atoms with E-state index in [1.807, 2.05) is 55.7 Å². The van der Waals surface area contributed by atoms with E-state index in [-0.39, 0.29) is 29.7 Å². The van der Waals surface area contributed by atoms with Gasteiger partial charge in [0.1, 0.15) is 17.6 Å². The van der Waals surface area contributed by atoms with Crippen LogP contribution in [-0.4, -0.2) is 69.8 Å². The van der Waals surface area contributed by atoms with Gasteiger partial charge in [-0.3, -0.25) is 14.4 Å². The third kappa shape index (κ3) is 7.65. The molecule has 0 spiro atoms. The van der Waals surface area contributed by atoms with Gasteiger partial charge >= 0.3 is 0 Å². The van der Waals surface area contributed by atoms with Crippen LogP contribution in [0.3, 0.4) is 0 Å². The van der Waals surface area contributed by atoms with E-state index in [1.165, 1.54) is 19.3 Å². The van der Waals surface area contributed by atoms with Gasteiger partial charge in [-0.15, -0.1) is 0 Å². The first kappa shape index (κ1) is 40.4. The maximum atomic E-state index is 15.7. The number of aromatic nitrogens is 3. The molecule has 1 saturated carbocycles. The highest BCUT2D eigenvalue weighted by molar-refractivity contribution is 6.09. The molecule has 0 radical (unpaired) electrons. The molecule has 5 aromatic rings. The SMILES string of the molecule is Cc1cc(F)c(Nc2nc(-c3ccc4c(c3)N(C3CC(N5CCCCC5)C3)C(=O)C4(CCNC=O)CCc3ccc(C=O)cc3)cc3ncn(C(C)C)c23)cc1C(C)C. The number of carbonyl (C=O) groups is 3. The van der Waals surface area contributed by atoms with Crippen molar-refractivity contribution in [2.45, 2.75) is 115 Å². The van der Waals surface area contributed by atoms with Crippen molar-refractivity contribution >= 4 is 46.8 Å². The Balaban J connectivity index is 1.22. The fraction of sp³-hybridized carbons (Fsp3) is 0.438. The monoisotopic (exact) mass is 797 g/mol. The zero-order valence-corrected chi connectivity index (χ0v) is 34.9. The maximum absolute atomic E-state index is 15.7. The van der Waals surface area contributed by atoms with Crippen LogP contribution in [0.25, 0.3) is 22.3 Å². The fourth-order valence-corrected chi connectivity index (χ4v) is 9.76. The Labute approximate surface area is 346 Å². The Bertz CT molecular complexity index is 2360. The van der Waals surface area contributed by atoms with E-state index < -0.39 is 5.41 Å². The minimum Gasteiger partial charge on any atom is -0.359 e. The number of imidazole rings is 1. The summed E-state index contributed by atoms with van der Waals surface area (Å²) in [4.78, 5) is 52.9. The molecule has 1 unspecified atom stereocenters. The molecule has 10 nitrogen and oxygen atoms in total. The van der Waals surface area contributed by atoms with Gasteiger partial charge in [0.25, 0.3) is 0 Å². The van der Waals surface area contributed by atoms with Crippen LogP contribution in [0.1, 0.15) is 117 Å².